The number of pyridine rings is 1. The molecule has 5 rings (SSSR count). The van der Waals surface area contributed by atoms with Crippen molar-refractivity contribution >= 4 is 17.0 Å². The zero-order chi connectivity index (χ0) is 21.5. The average molecular weight is 421 g/mol. The Bertz CT molecular complexity index is 1080. The third-order valence-corrected chi connectivity index (χ3v) is 5.87. The first-order valence-corrected chi connectivity index (χ1v) is 9.73. The molecule has 7 nitrogen and oxygen atoms in total. The molecule has 3 N–H and O–H groups in total. The van der Waals surface area contributed by atoms with Crippen LogP contribution in [0.25, 0.3) is 22.3 Å². The molecule has 1 spiro atoms. The Hall–Kier alpha value is -2.88. The fraction of sp³-hybridized carbons (Fsp3) is 0.450. The Morgan fingerprint density at radius 1 is 1.30 bits per heavy atom. The number of hydrogen-bond donors (Lipinski definition) is 3. The molecule has 0 amide bonds. The van der Waals surface area contributed by atoms with Crippen molar-refractivity contribution in [2.24, 2.45) is 0 Å². The van der Waals surface area contributed by atoms with Gasteiger partial charge in [0.25, 0.3) is 0 Å². The number of aromatic nitrogens is 4. The largest absolute Gasteiger partial charge is 0.490 e. The van der Waals surface area contributed by atoms with Gasteiger partial charge < -0.3 is 15.4 Å². The number of rotatable bonds is 1. The van der Waals surface area contributed by atoms with Crippen molar-refractivity contribution in [3.05, 3.63) is 35.8 Å². The fourth-order valence-corrected chi connectivity index (χ4v) is 4.30. The van der Waals surface area contributed by atoms with Crippen LogP contribution in [-0.4, -0.2) is 50.1 Å². The number of halogens is 3. The smallest absolute Gasteiger partial charge is 0.475 e. The van der Waals surface area contributed by atoms with Gasteiger partial charge in [0, 0.05) is 47.5 Å². The van der Waals surface area contributed by atoms with Gasteiger partial charge in [-0.15, -0.1) is 0 Å². The van der Waals surface area contributed by atoms with E-state index in [9.17, 15) is 13.2 Å². The highest BCUT2D eigenvalue weighted by Gasteiger charge is 2.40. The van der Waals surface area contributed by atoms with Crippen molar-refractivity contribution in [2.75, 3.05) is 13.1 Å². The van der Waals surface area contributed by atoms with Crippen molar-refractivity contribution in [3.63, 3.8) is 0 Å². The molecule has 3 aromatic heterocycles. The van der Waals surface area contributed by atoms with Gasteiger partial charge in [-0.25, -0.2) is 9.78 Å². The maximum absolute atomic E-state index is 10.6. The lowest BCUT2D eigenvalue weighted by Gasteiger charge is -2.33. The summed E-state index contributed by atoms with van der Waals surface area (Å²) in [5.41, 5.74) is 6.06. The summed E-state index contributed by atoms with van der Waals surface area (Å²) in [6.45, 7) is 5.36. The quantitative estimate of drug-likeness (QED) is 0.560. The van der Waals surface area contributed by atoms with Gasteiger partial charge in [-0.3, -0.25) is 4.68 Å². The van der Waals surface area contributed by atoms with Gasteiger partial charge in [0.2, 0.25) is 0 Å². The van der Waals surface area contributed by atoms with E-state index >= 15 is 0 Å². The molecule has 2 aliphatic heterocycles. The molecule has 160 valence electrons. The van der Waals surface area contributed by atoms with E-state index in [2.05, 4.69) is 39.0 Å². The Morgan fingerprint density at radius 2 is 2.07 bits per heavy atom. The number of nitrogens with one attached hydrogen (secondary N) is 2. The summed E-state index contributed by atoms with van der Waals surface area (Å²) in [5, 5.41) is 16.8. The van der Waals surface area contributed by atoms with Crippen LogP contribution in [0.2, 0.25) is 0 Å². The number of aliphatic carboxylic acids is 1. The van der Waals surface area contributed by atoms with Crippen molar-refractivity contribution in [1.82, 2.24) is 25.1 Å². The Balaban J connectivity index is 0.000000272. The summed E-state index contributed by atoms with van der Waals surface area (Å²) < 4.78 is 34.0. The van der Waals surface area contributed by atoms with E-state index in [1.54, 1.807) is 0 Å². The molecular weight excluding hydrogens is 399 g/mol. The number of hydrogen-bond acceptors (Lipinski definition) is 4. The molecule has 1 fully saturated rings. The average Bonchev–Trinajstić information content (AvgIpc) is 3.42. The number of carboxylic acids is 1. The molecule has 1 saturated heterocycles. The lowest BCUT2D eigenvalue weighted by molar-refractivity contribution is -0.192. The highest BCUT2D eigenvalue weighted by atomic mass is 19.4. The normalized spacial score (nSPS) is 20.8. The number of nitrogens with zero attached hydrogens (tertiary/aromatic N) is 3. The third kappa shape index (κ3) is 3.67. The van der Waals surface area contributed by atoms with Gasteiger partial charge in [0.15, 0.2) is 0 Å². The maximum atomic E-state index is 10.6. The van der Waals surface area contributed by atoms with Gasteiger partial charge in [0.05, 0.1) is 5.69 Å². The first kappa shape index (κ1) is 20.4. The van der Waals surface area contributed by atoms with Crippen LogP contribution in [0.3, 0.4) is 0 Å². The second-order valence-corrected chi connectivity index (χ2v) is 7.84. The molecule has 0 aliphatic carbocycles. The molecule has 0 aromatic carbocycles. The zero-order valence-electron chi connectivity index (χ0n) is 16.4. The lowest BCUT2D eigenvalue weighted by atomic mass is 9.77. The minimum absolute atomic E-state index is 0.297. The van der Waals surface area contributed by atoms with E-state index in [0.717, 1.165) is 36.5 Å². The minimum Gasteiger partial charge on any atom is -0.475 e. The molecule has 30 heavy (non-hydrogen) atoms. The molecular formula is C20H22F3N5O2. The second kappa shape index (κ2) is 7.42. The van der Waals surface area contributed by atoms with E-state index in [-0.39, 0.29) is 0 Å². The SMILES string of the molecule is Cc1c[nH]c2ncc(-c3cc4n(n3)CCCC43CCNC3)cc12.O=C(O)C(F)(F)F. The van der Waals surface area contributed by atoms with Crippen LogP contribution in [-0.2, 0) is 16.8 Å². The number of aryl methyl sites for hydroxylation is 2. The number of alkyl halides is 3. The maximum Gasteiger partial charge on any atom is 0.490 e. The highest BCUT2D eigenvalue weighted by molar-refractivity contribution is 5.83. The van der Waals surface area contributed by atoms with Crippen LogP contribution in [0.15, 0.2) is 24.5 Å². The van der Waals surface area contributed by atoms with Gasteiger partial charge in [0.1, 0.15) is 5.65 Å². The first-order chi connectivity index (χ1) is 14.2. The molecule has 5 heterocycles. The first-order valence-electron chi connectivity index (χ1n) is 9.73. The van der Waals surface area contributed by atoms with Crippen LogP contribution in [0.5, 0.6) is 0 Å². The number of carbonyl (C=O) groups is 1. The van der Waals surface area contributed by atoms with Gasteiger partial charge >= 0.3 is 12.1 Å². The predicted octanol–water partition coefficient (Wildman–Crippen LogP) is 3.39. The fourth-order valence-electron chi connectivity index (χ4n) is 4.30. The molecule has 10 heteroatoms. The van der Waals surface area contributed by atoms with E-state index in [1.165, 1.54) is 35.9 Å². The number of aromatic amines is 1. The zero-order valence-corrected chi connectivity index (χ0v) is 16.4. The van der Waals surface area contributed by atoms with Crippen LogP contribution in [0.4, 0.5) is 13.2 Å². The molecule has 0 radical (unpaired) electrons. The summed E-state index contributed by atoms with van der Waals surface area (Å²) >= 11 is 0. The summed E-state index contributed by atoms with van der Waals surface area (Å²) in [7, 11) is 0. The Morgan fingerprint density at radius 3 is 2.73 bits per heavy atom. The molecule has 1 atom stereocenters. The van der Waals surface area contributed by atoms with Crippen LogP contribution in [0, 0.1) is 6.92 Å². The van der Waals surface area contributed by atoms with Crippen LogP contribution < -0.4 is 5.32 Å². The summed E-state index contributed by atoms with van der Waals surface area (Å²) in [6.07, 6.45) is 2.60. The van der Waals surface area contributed by atoms with Gasteiger partial charge in [-0.1, -0.05) is 0 Å². The van der Waals surface area contributed by atoms with E-state index in [0.29, 0.717) is 5.41 Å². The van der Waals surface area contributed by atoms with Crippen LogP contribution >= 0.6 is 0 Å². The molecule has 1 unspecified atom stereocenters. The number of carboxylic acid groups (broad SMARTS) is 1. The van der Waals surface area contributed by atoms with Crippen LogP contribution in [0.1, 0.15) is 30.5 Å². The Labute approximate surface area is 170 Å². The van der Waals surface area contributed by atoms with Crippen molar-refractivity contribution < 1.29 is 23.1 Å². The lowest BCUT2D eigenvalue weighted by Crippen LogP contribution is -2.35. The predicted molar refractivity (Wildman–Crippen MR) is 104 cm³/mol. The summed E-state index contributed by atoms with van der Waals surface area (Å²) in [4.78, 5) is 16.7. The number of fused-ring (bicyclic) bond motifs is 3. The van der Waals surface area contributed by atoms with E-state index in [4.69, 9.17) is 15.0 Å². The summed E-state index contributed by atoms with van der Waals surface area (Å²) in [5.74, 6) is -2.76. The van der Waals surface area contributed by atoms with Gasteiger partial charge in [-0.05, 0) is 50.4 Å². The van der Waals surface area contributed by atoms with Crippen molar-refractivity contribution in [3.8, 4) is 11.3 Å². The van der Waals surface area contributed by atoms with Crippen molar-refractivity contribution in [2.45, 2.75) is 44.3 Å². The highest BCUT2D eigenvalue weighted by Crippen LogP contribution is 2.40. The third-order valence-electron chi connectivity index (χ3n) is 5.87. The van der Waals surface area contributed by atoms with Gasteiger partial charge in [-0.2, -0.15) is 18.3 Å². The van der Waals surface area contributed by atoms with E-state index in [1.807, 2.05) is 12.4 Å². The van der Waals surface area contributed by atoms with E-state index < -0.39 is 12.1 Å². The molecule has 2 aliphatic rings. The molecule has 3 aromatic rings. The molecule has 0 saturated carbocycles. The molecule has 0 bridgehead atoms. The second-order valence-electron chi connectivity index (χ2n) is 7.84. The number of H-pyrrole nitrogens is 1. The monoisotopic (exact) mass is 421 g/mol. The Kier molecular flexibility index (Phi) is 5.05. The topological polar surface area (TPSA) is 95.8 Å². The minimum atomic E-state index is -5.08. The summed E-state index contributed by atoms with van der Waals surface area (Å²) in [6, 6.07) is 4.51. The standard InChI is InChI=1S/C18H21N5.C2HF3O2/c1-12-9-20-17-14(12)7-13(10-21-17)15-8-16-18(4-5-19-11-18)3-2-6-23(16)22-15;3-2(4,5)1(6)7/h7-10,19H,2-6,11H2,1H3,(H,20,21);(H,6,7). The van der Waals surface area contributed by atoms with Crippen molar-refractivity contribution in [1.29, 1.82) is 0 Å².